The van der Waals surface area contributed by atoms with Gasteiger partial charge in [0.15, 0.2) is 15.9 Å². The van der Waals surface area contributed by atoms with E-state index in [-0.39, 0.29) is 17.1 Å². The van der Waals surface area contributed by atoms with E-state index in [1.165, 1.54) is 6.92 Å². The second-order valence-electron chi connectivity index (χ2n) is 6.75. The van der Waals surface area contributed by atoms with E-state index in [0.29, 0.717) is 17.5 Å². The van der Waals surface area contributed by atoms with Gasteiger partial charge in [0.25, 0.3) is 5.91 Å². The lowest BCUT2D eigenvalue weighted by molar-refractivity contribution is -0.129. The van der Waals surface area contributed by atoms with E-state index in [4.69, 9.17) is 4.74 Å². The third-order valence-electron chi connectivity index (χ3n) is 4.54. The van der Waals surface area contributed by atoms with Crippen molar-refractivity contribution in [1.82, 2.24) is 15.3 Å². The summed E-state index contributed by atoms with van der Waals surface area (Å²) in [5, 5.41) is 2.62. The maximum atomic E-state index is 12.3. The number of nitrogens with zero attached hydrogens (tertiary/aromatic N) is 2. The maximum absolute atomic E-state index is 12.3. The van der Waals surface area contributed by atoms with Crippen LogP contribution in [0.1, 0.15) is 35.1 Å². The van der Waals surface area contributed by atoms with E-state index in [9.17, 15) is 18.0 Å². The molecule has 0 radical (unpaired) electrons. The van der Waals surface area contributed by atoms with Crippen LogP contribution in [0.5, 0.6) is 0 Å². The standard InChI is InChI=1S/C18H21N3O5S/c1-10-11(2)20-16-8-13(4-5-15(16)19-10)18(23)26-12(3)17(22)21-14-6-7-27(24,25)9-14/h4-5,8,12,14H,6-7,9H2,1-3H3,(H,21,22)/t12-,14-/m0/s1. The minimum atomic E-state index is -3.10. The van der Waals surface area contributed by atoms with E-state index in [1.54, 1.807) is 18.2 Å². The molecule has 2 heterocycles. The molecule has 1 aromatic carbocycles. The molecule has 0 unspecified atom stereocenters. The number of fused-ring (bicyclic) bond motifs is 1. The number of carbonyl (C=O) groups is 2. The average molecular weight is 391 g/mol. The van der Waals surface area contributed by atoms with Gasteiger partial charge in [-0.3, -0.25) is 4.79 Å². The largest absolute Gasteiger partial charge is 0.449 e. The van der Waals surface area contributed by atoms with Crippen molar-refractivity contribution in [3.8, 4) is 0 Å². The van der Waals surface area contributed by atoms with Gasteiger partial charge in [0.05, 0.1) is 39.5 Å². The summed E-state index contributed by atoms with van der Waals surface area (Å²) in [6.07, 6.45) is -0.668. The van der Waals surface area contributed by atoms with Crippen LogP contribution in [0.15, 0.2) is 18.2 Å². The lowest BCUT2D eigenvalue weighted by Crippen LogP contribution is -2.42. The Hall–Kier alpha value is -2.55. The lowest BCUT2D eigenvalue weighted by atomic mass is 10.2. The number of nitrogens with one attached hydrogen (secondary N) is 1. The van der Waals surface area contributed by atoms with Crippen LogP contribution in [-0.4, -0.2) is 53.9 Å². The number of benzene rings is 1. The second kappa shape index (κ2) is 7.22. The Bertz CT molecular complexity index is 1020. The quantitative estimate of drug-likeness (QED) is 0.776. The summed E-state index contributed by atoms with van der Waals surface area (Å²) >= 11 is 0. The Morgan fingerprint density at radius 3 is 2.48 bits per heavy atom. The number of esters is 1. The molecule has 1 fully saturated rings. The zero-order chi connectivity index (χ0) is 19.8. The molecule has 8 nitrogen and oxygen atoms in total. The van der Waals surface area contributed by atoms with Crippen molar-refractivity contribution in [3.63, 3.8) is 0 Å². The number of hydrogen-bond acceptors (Lipinski definition) is 7. The van der Waals surface area contributed by atoms with Crippen LogP contribution in [0.4, 0.5) is 0 Å². The van der Waals surface area contributed by atoms with Gasteiger partial charge in [0.2, 0.25) is 0 Å². The number of carbonyl (C=O) groups excluding carboxylic acids is 2. The third-order valence-corrected chi connectivity index (χ3v) is 6.31. The Kier molecular flexibility index (Phi) is 5.14. The molecule has 0 saturated carbocycles. The Morgan fingerprint density at radius 1 is 1.19 bits per heavy atom. The van der Waals surface area contributed by atoms with Gasteiger partial charge in [0, 0.05) is 6.04 Å². The zero-order valence-corrected chi connectivity index (χ0v) is 16.2. The lowest BCUT2D eigenvalue weighted by Gasteiger charge is -2.16. The molecule has 1 amide bonds. The van der Waals surface area contributed by atoms with Crippen molar-refractivity contribution in [3.05, 3.63) is 35.2 Å². The van der Waals surface area contributed by atoms with Crippen LogP contribution >= 0.6 is 0 Å². The molecular formula is C18H21N3O5S. The summed E-state index contributed by atoms with van der Waals surface area (Å²) < 4.78 is 28.1. The first-order valence-corrected chi connectivity index (χ1v) is 10.4. The highest BCUT2D eigenvalue weighted by molar-refractivity contribution is 7.91. The molecule has 1 aliphatic heterocycles. The van der Waals surface area contributed by atoms with Crippen LogP contribution < -0.4 is 5.32 Å². The molecule has 3 rings (SSSR count). The topological polar surface area (TPSA) is 115 Å². The molecule has 1 saturated heterocycles. The first-order valence-electron chi connectivity index (χ1n) is 8.61. The minimum Gasteiger partial charge on any atom is -0.449 e. The highest BCUT2D eigenvalue weighted by atomic mass is 32.2. The van der Waals surface area contributed by atoms with Gasteiger partial charge in [-0.15, -0.1) is 0 Å². The molecule has 27 heavy (non-hydrogen) atoms. The molecule has 1 N–H and O–H groups in total. The SMILES string of the molecule is Cc1nc2ccc(C(=O)O[C@@H](C)C(=O)N[C@H]3CCS(=O)(=O)C3)cc2nc1C. The number of sulfone groups is 1. The molecule has 0 aliphatic carbocycles. The summed E-state index contributed by atoms with van der Waals surface area (Å²) in [5.41, 5.74) is 3.09. The number of aromatic nitrogens is 2. The number of hydrogen-bond donors (Lipinski definition) is 1. The Labute approximate surface area is 157 Å². The van der Waals surface area contributed by atoms with E-state index >= 15 is 0 Å². The average Bonchev–Trinajstić information content (AvgIpc) is 2.93. The van der Waals surface area contributed by atoms with Gasteiger partial charge in [-0.1, -0.05) is 0 Å². The van der Waals surface area contributed by atoms with Crippen molar-refractivity contribution in [2.45, 2.75) is 39.3 Å². The van der Waals surface area contributed by atoms with E-state index < -0.39 is 33.9 Å². The number of amides is 1. The first-order chi connectivity index (χ1) is 12.6. The van der Waals surface area contributed by atoms with Gasteiger partial charge in [0.1, 0.15) is 0 Å². The van der Waals surface area contributed by atoms with Gasteiger partial charge >= 0.3 is 5.97 Å². The van der Waals surface area contributed by atoms with E-state index in [2.05, 4.69) is 15.3 Å². The van der Waals surface area contributed by atoms with Crippen molar-refractivity contribution in [2.24, 2.45) is 0 Å². The van der Waals surface area contributed by atoms with Crippen LogP contribution in [0.25, 0.3) is 11.0 Å². The molecule has 1 aliphatic rings. The maximum Gasteiger partial charge on any atom is 0.338 e. The highest BCUT2D eigenvalue weighted by Crippen LogP contribution is 2.16. The van der Waals surface area contributed by atoms with Gasteiger partial charge in [-0.05, 0) is 45.4 Å². The second-order valence-corrected chi connectivity index (χ2v) is 8.98. The summed E-state index contributed by atoms with van der Waals surface area (Å²) in [4.78, 5) is 33.3. The van der Waals surface area contributed by atoms with E-state index in [1.807, 2.05) is 13.8 Å². The molecule has 0 spiro atoms. The monoisotopic (exact) mass is 391 g/mol. The highest BCUT2D eigenvalue weighted by Gasteiger charge is 2.30. The van der Waals surface area contributed by atoms with Crippen LogP contribution in [0.2, 0.25) is 0 Å². The molecule has 2 aromatic rings. The predicted octanol–water partition coefficient (Wildman–Crippen LogP) is 1.10. The normalized spacial score (nSPS) is 19.6. The molecule has 0 bridgehead atoms. The molecule has 144 valence electrons. The molecule has 9 heteroatoms. The van der Waals surface area contributed by atoms with Gasteiger partial charge in [-0.2, -0.15) is 0 Å². The molecule has 1 aromatic heterocycles. The van der Waals surface area contributed by atoms with Gasteiger partial charge in [-0.25, -0.2) is 23.2 Å². The number of aryl methyl sites for hydroxylation is 2. The fourth-order valence-electron chi connectivity index (χ4n) is 2.87. The molecular weight excluding hydrogens is 370 g/mol. The van der Waals surface area contributed by atoms with Crippen LogP contribution in [0, 0.1) is 13.8 Å². The summed E-state index contributed by atoms with van der Waals surface area (Å²) in [6.45, 7) is 5.15. The van der Waals surface area contributed by atoms with Crippen molar-refractivity contribution in [1.29, 1.82) is 0 Å². The Balaban J connectivity index is 1.66. The van der Waals surface area contributed by atoms with E-state index in [0.717, 1.165) is 11.4 Å². The first kappa shape index (κ1) is 19.2. The fourth-order valence-corrected chi connectivity index (χ4v) is 4.54. The predicted molar refractivity (Wildman–Crippen MR) is 99.1 cm³/mol. The fraction of sp³-hybridized carbons (Fsp3) is 0.444. The van der Waals surface area contributed by atoms with Crippen molar-refractivity contribution in [2.75, 3.05) is 11.5 Å². The van der Waals surface area contributed by atoms with Crippen LogP contribution in [-0.2, 0) is 19.4 Å². The number of ether oxygens (including phenoxy) is 1. The smallest absolute Gasteiger partial charge is 0.338 e. The Morgan fingerprint density at radius 2 is 1.85 bits per heavy atom. The van der Waals surface area contributed by atoms with Crippen molar-refractivity contribution >= 4 is 32.7 Å². The summed E-state index contributed by atoms with van der Waals surface area (Å²) in [6, 6.07) is 4.39. The summed E-state index contributed by atoms with van der Waals surface area (Å²) in [7, 11) is -3.10. The van der Waals surface area contributed by atoms with Crippen LogP contribution in [0.3, 0.4) is 0 Å². The van der Waals surface area contributed by atoms with Crippen molar-refractivity contribution < 1.29 is 22.7 Å². The zero-order valence-electron chi connectivity index (χ0n) is 15.4. The summed E-state index contributed by atoms with van der Waals surface area (Å²) in [5.74, 6) is -1.19. The molecule has 2 atom stereocenters. The van der Waals surface area contributed by atoms with Gasteiger partial charge < -0.3 is 10.1 Å². The minimum absolute atomic E-state index is 0.0587. The third kappa shape index (κ3) is 4.41. The number of rotatable bonds is 4.